The van der Waals surface area contributed by atoms with Crippen LogP contribution in [0.2, 0.25) is 0 Å². The van der Waals surface area contributed by atoms with Crippen LogP contribution in [0.25, 0.3) is 32.8 Å². The van der Waals surface area contributed by atoms with Gasteiger partial charge in [-0.3, -0.25) is 0 Å². The molecule has 0 fully saturated rings. The molecule has 0 radical (unpaired) electrons. The highest BCUT2D eigenvalue weighted by molar-refractivity contribution is 6.07. The maximum Gasteiger partial charge on any atom is 0.211 e. The van der Waals surface area contributed by atoms with Gasteiger partial charge in [0.1, 0.15) is 0 Å². The summed E-state index contributed by atoms with van der Waals surface area (Å²) in [6.07, 6.45) is 2.12. The lowest BCUT2D eigenvalue weighted by atomic mass is 10.0. The molecule has 0 aliphatic heterocycles. The van der Waals surface area contributed by atoms with Gasteiger partial charge in [0.2, 0.25) is 5.69 Å². The normalized spacial score (nSPS) is 11.1. The summed E-state index contributed by atoms with van der Waals surface area (Å²) in [6, 6.07) is 23.7. The summed E-state index contributed by atoms with van der Waals surface area (Å²) in [5.41, 5.74) is 3.65. The largest absolute Gasteiger partial charge is 0.211 e. The fourth-order valence-corrected chi connectivity index (χ4v) is 2.85. The van der Waals surface area contributed by atoms with Crippen LogP contribution in [-0.4, -0.2) is 0 Å². The molecule has 0 amide bonds. The van der Waals surface area contributed by atoms with Crippen molar-refractivity contribution in [3.05, 3.63) is 78.5 Å². The third-order valence-corrected chi connectivity index (χ3v) is 4.04. The van der Waals surface area contributed by atoms with E-state index in [0.717, 1.165) is 5.69 Å². The first-order chi connectivity index (χ1) is 10.3. The third-order valence-electron chi connectivity index (χ3n) is 4.04. The number of aromatic amines is 1. The van der Waals surface area contributed by atoms with Crippen molar-refractivity contribution < 1.29 is 4.98 Å². The Labute approximate surface area is 123 Å². The van der Waals surface area contributed by atoms with Gasteiger partial charge in [-0.25, -0.2) is 4.98 Å². The Kier molecular flexibility index (Phi) is 2.71. The number of hydrogen-bond acceptors (Lipinski definition) is 0. The standard InChI is InChI=1S/C20H15N/c1-14-6-8-16(9-7-14)20-12-17-11-10-15-4-2-3-5-18(15)19(17)13-21-20/h2-13H,1H3/p+1. The van der Waals surface area contributed by atoms with Crippen LogP contribution in [0.3, 0.4) is 0 Å². The molecule has 1 aromatic heterocycles. The smallest absolute Gasteiger partial charge is 0.210 e. The topological polar surface area (TPSA) is 14.1 Å². The number of rotatable bonds is 1. The molecule has 0 aliphatic carbocycles. The molecule has 0 bridgehead atoms. The van der Waals surface area contributed by atoms with Gasteiger partial charge in [-0.2, -0.15) is 0 Å². The number of aryl methyl sites for hydroxylation is 1. The van der Waals surface area contributed by atoms with Crippen LogP contribution in [0.15, 0.2) is 72.9 Å². The number of H-pyrrole nitrogens is 1. The van der Waals surface area contributed by atoms with E-state index in [4.69, 9.17) is 0 Å². The maximum atomic E-state index is 3.44. The summed E-state index contributed by atoms with van der Waals surface area (Å²) in [5, 5.41) is 5.11. The van der Waals surface area contributed by atoms with E-state index in [-0.39, 0.29) is 0 Å². The van der Waals surface area contributed by atoms with Crippen molar-refractivity contribution in [2.75, 3.05) is 0 Å². The zero-order valence-electron chi connectivity index (χ0n) is 11.9. The van der Waals surface area contributed by atoms with E-state index in [1.54, 1.807) is 0 Å². The van der Waals surface area contributed by atoms with Crippen LogP contribution in [0.4, 0.5) is 0 Å². The van der Waals surface area contributed by atoms with Crippen molar-refractivity contribution in [2.24, 2.45) is 0 Å². The number of aromatic nitrogens is 1. The highest BCUT2D eigenvalue weighted by atomic mass is 14.7. The monoisotopic (exact) mass is 270 g/mol. The number of benzene rings is 3. The van der Waals surface area contributed by atoms with Crippen molar-refractivity contribution in [1.29, 1.82) is 0 Å². The summed E-state index contributed by atoms with van der Waals surface area (Å²) in [4.78, 5) is 3.44. The number of nitrogens with one attached hydrogen (secondary N) is 1. The van der Waals surface area contributed by atoms with Gasteiger partial charge < -0.3 is 0 Å². The van der Waals surface area contributed by atoms with Crippen LogP contribution in [0.5, 0.6) is 0 Å². The Morgan fingerprint density at radius 3 is 2.33 bits per heavy atom. The number of fused-ring (bicyclic) bond motifs is 3. The summed E-state index contributed by atoms with van der Waals surface area (Å²) < 4.78 is 0. The summed E-state index contributed by atoms with van der Waals surface area (Å²) in [6.45, 7) is 2.11. The van der Waals surface area contributed by atoms with Gasteiger partial charge in [-0.1, -0.05) is 54.1 Å². The van der Waals surface area contributed by atoms with Crippen LogP contribution in [0.1, 0.15) is 5.56 Å². The van der Waals surface area contributed by atoms with Crippen LogP contribution in [0, 0.1) is 6.92 Å². The van der Waals surface area contributed by atoms with Gasteiger partial charge in [0, 0.05) is 11.6 Å². The second-order valence-corrected chi connectivity index (χ2v) is 5.50. The molecule has 3 aromatic carbocycles. The molecular formula is C20H16N+. The lowest BCUT2D eigenvalue weighted by Crippen LogP contribution is -2.05. The van der Waals surface area contributed by atoms with E-state index in [1.807, 2.05) is 0 Å². The number of pyridine rings is 1. The van der Waals surface area contributed by atoms with Crippen molar-refractivity contribution >= 4 is 21.5 Å². The zero-order valence-corrected chi connectivity index (χ0v) is 11.9. The average Bonchev–Trinajstić information content (AvgIpc) is 2.55. The molecule has 0 atom stereocenters. The van der Waals surface area contributed by atoms with Crippen LogP contribution >= 0.6 is 0 Å². The van der Waals surface area contributed by atoms with E-state index in [9.17, 15) is 0 Å². The minimum absolute atomic E-state index is 1.15. The van der Waals surface area contributed by atoms with E-state index in [2.05, 4.69) is 84.8 Å². The molecule has 1 heterocycles. The molecule has 0 spiro atoms. The average molecular weight is 270 g/mol. The molecule has 1 heteroatoms. The van der Waals surface area contributed by atoms with Gasteiger partial charge in [-0.05, 0) is 35.2 Å². The molecule has 100 valence electrons. The highest BCUT2D eigenvalue weighted by Gasteiger charge is 2.08. The fraction of sp³-hybridized carbons (Fsp3) is 0.0500. The van der Waals surface area contributed by atoms with Gasteiger partial charge in [0.25, 0.3) is 0 Å². The Morgan fingerprint density at radius 2 is 1.48 bits per heavy atom. The highest BCUT2D eigenvalue weighted by Crippen LogP contribution is 2.26. The van der Waals surface area contributed by atoms with Crippen molar-refractivity contribution in [1.82, 2.24) is 0 Å². The molecule has 4 aromatic rings. The first-order valence-corrected chi connectivity index (χ1v) is 7.21. The maximum absolute atomic E-state index is 3.44. The van der Waals surface area contributed by atoms with Gasteiger partial charge >= 0.3 is 0 Å². The molecule has 0 saturated carbocycles. The second-order valence-electron chi connectivity index (χ2n) is 5.50. The summed E-state index contributed by atoms with van der Waals surface area (Å²) in [7, 11) is 0. The molecule has 0 saturated heterocycles. The fourth-order valence-electron chi connectivity index (χ4n) is 2.85. The Morgan fingerprint density at radius 1 is 0.714 bits per heavy atom. The van der Waals surface area contributed by atoms with E-state index in [0.29, 0.717) is 0 Å². The lowest BCUT2D eigenvalue weighted by molar-refractivity contribution is -0.362. The molecule has 0 aliphatic rings. The SMILES string of the molecule is Cc1ccc(-c2cc3ccc4ccccc4c3c[nH+]2)cc1. The van der Waals surface area contributed by atoms with Crippen LogP contribution in [-0.2, 0) is 0 Å². The molecule has 4 rings (SSSR count). The Hall–Kier alpha value is -2.67. The minimum Gasteiger partial charge on any atom is -0.210 e. The second kappa shape index (κ2) is 4.71. The molecule has 1 N–H and O–H groups in total. The minimum atomic E-state index is 1.15. The van der Waals surface area contributed by atoms with E-state index in [1.165, 1.54) is 32.7 Å². The predicted molar refractivity (Wildman–Crippen MR) is 88.2 cm³/mol. The summed E-state index contributed by atoms with van der Waals surface area (Å²) in [5.74, 6) is 0. The van der Waals surface area contributed by atoms with Gasteiger partial charge in [0.05, 0.1) is 5.39 Å². The van der Waals surface area contributed by atoms with Crippen molar-refractivity contribution in [3.8, 4) is 11.3 Å². The van der Waals surface area contributed by atoms with Crippen molar-refractivity contribution in [2.45, 2.75) is 6.92 Å². The summed E-state index contributed by atoms with van der Waals surface area (Å²) >= 11 is 0. The number of hydrogen-bond donors (Lipinski definition) is 0. The molecule has 0 unspecified atom stereocenters. The Bertz CT molecular complexity index is 937. The zero-order chi connectivity index (χ0) is 14.2. The van der Waals surface area contributed by atoms with Gasteiger partial charge in [-0.15, -0.1) is 0 Å². The molecule has 1 nitrogen and oxygen atoms in total. The predicted octanol–water partition coefficient (Wildman–Crippen LogP) is 4.78. The first kappa shape index (κ1) is 12.1. The third kappa shape index (κ3) is 2.07. The van der Waals surface area contributed by atoms with E-state index >= 15 is 0 Å². The quantitative estimate of drug-likeness (QED) is 0.442. The van der Waals surface area contributed by atoms with E-state index < -0.39 is 0 Å². The molecule has 21 heavy (non-hydrogen) atoms. The lowest BCUT2D eigenvalue weighted by Gasteiger charge is -2.03. The Balaban J connectivity index is 1.94. The molecular weight excluding hydrogens is 254 g/mol. The van der Waals surface area contributed by atoms with Crippen molar-refractivity contribution in [3.63, 3.8) is 0 Å². The van der Waals surface area contributed by atoms with Gasteiger partial charge in [0.15, 0.2) is 6.20 Å². The first-order valence-electron chi connectivity index (χ1n) is 7.21. The van der Waals surface area contributed by atoms with Crippen LogP contribution < -0.4 is 4.98 Å².